The Morgan fingerprint density at radius 1 is 1.25 bits per heavy atom. The molecule has 0 spiro atoms. The van der Waals surface area contributed by atoms with Gasteiger partial charge < -0.3 is 9.15 Å². The molecule has 0 atom stereocenters. The normalized spacial score (nSPS) is 11.0. The Bertz CT molecular complexity index is 567. The van der Waals surface area contributed by atoms with Crippen LogP contribution in [0.2, 0.25) is 0 Å². The van der Waals surface area contributed by atoms with Crippen molar-refractivity contribution >= 4 is 11.0 Å². The Balaban J connectivity index is 2.69. The molecule has 0 fully saturated rings. The molecule has 16 heavy (non-hydrogen) atoms. The van der Waals surface area contributed by atoms with E-state index in [-0.39, 0.29) is 11.5 Å². The van der Waals surface area contributed by atoms with Crippen molar-refractivity contribution in [1.29, 1.82) is 0 Å². The Morgan fingerprint density at radius 2 is 2.00 bits per heavy atom. The molecule has 3 nitrogen and oxygen atoms in total. The summed E-state index contributed by atoms with van der Waals surface area (Å²) < 4.78 is 10.3. The van der Waals surface area contributed by atoms with Crippen LogP contribution in [0.1, 0.15) is 25.3 Å². The second kappa shape index (κ2) is 4.00. The molecule has 0 amide bonds. The van der Waals surface area contributed by atoms with Crippen molar-refractivity contribution in [3.05, 3.63) is 40.2 Å². The predicted octanol–water partition coefficient (Wildman–Crippen LogP) is 2.93. The molecule has 1 heterocycles. The molecule has 2 aromatic rings. The average molecular weight is 218 g/mol. The molecule has 2 rings (SSSR count). The van der Waals surface area contributed by atoms with Crippen LogP contribution in [0.5, 0.6) is 5.75 Å². The molecule has 1 aromatic heterocycles. The third kappa shape index (κ3) is 1.81. The van der Waals surface area contributed by atoms with Crippen molar-refractivity contribution in [3.8, 4) is 5.75 Å². The van der Waals surface area contributed by atoms with Gasteiger partial charge in [-0.3, -0.25) is 0 Å². The van der Waals surface area contributed by atoms with Gasteiger partial charge in [0, 0.05) is 17.0 Å². The lowest BCUT2D eigenvalue weighted by Gasteiger charge is -2.05. The number of rotatable bonds is 2. The fourth-order valence-electron chi connectivity index (χ4n) is 1.64. The summed E-state index contributed by atoms with van der Waals surface area (Å²) in [5.41, 5.74) is 1.00. The maximum Gasteiger partial charge on any atom is 0.339 e. The van der Waals surface area contributed by atoms with Crippen LogP contribution < -0.4 is 10.4 Å². The van der Waals surface area contributed by atoms with Crippen LogP contribution in [0, 0.1) is 0 Å². The van der Waals surface area contributed by atoms with Crippen LogP contribution >= 0.6 is 0 Å². The number of methoxy groups -OCH3 is 1. The zero-order chi connectivity index (χ0) is 11.7. The van der Waals surface area contributed by atoms with E-state index in [0.717, 1.165) is 5.39 Å². The van der Waals surface area contributed by atoms with Crippen LogP contribution in [0.3, 0.4) is 0 Å². The summed E-state index contributed by atoms with van der Waals surface area (Å²) in [7, 11) is 1.59. The first kappa shape index (κ1) is 10.7. The molecule has 0 aliphatic rings. The minimum absolute atomic E-state index is 0.169. The van der Waals surface area contributed by atoms with Crippen molar-refractivity contribution in [2.75, 3.05) is 7.11 Å². The first-order valence-electron chi connectivity index (χ1n) is 5.23. The Labute approximate surface area is 93.7 Å². The van der Waals surface area contributed by atoms with Crippen LogP contribution in [0.15, 0.2) is 33.5 Å². The zero-order valence-electron chi connectivity index (χ0n) is 9.61. The first-order chi connectivity index (χ1) is 7.61. The van der Waals surface area contributed by atoms with E-state index in [0.29, 0.717) is 16.9 Å². The van der Waals surface area contributed by atoms with Crippen LogP contribution in [0.4, 0.5) is 0 Å². The van der Waals surface area contributed by atoms with Crippen LogP contribution in [0.25, 0.3) is 11.0 Å². The summed E-state index contributed by atoms with van der Waals surface area (Å²) >= 11 is 0. The standard InChI is InChI=1S/C13H14O3/c1-8(2)11-6-9-4-5-10(15-3)7-12(9)16-13(11)14/h4-8H,1-3H3. The number of ether oxygens (including phenoxy) is 1. The molecule has 0 saturated heterocycles. The fourth-order valence-corrected chi connectivity index (χ4v) is 1.64. The largest absolute Gasteiger partial charge is 0.497 e. The van der Waals surface area contributed by atoms with Gasteiger partial charge in [-0.25, -0.2) is 4.79 Å². The molecule has 0 aliphatic carbocycles. The molecule has 0 unspecified atom stereocenters. The minimum atomic E-state index is -0.268. The van der Waals surface area contributed by atoms with Gasteiger partial charge >= 0.3 is 5.63 Å². The second-order valence-electron chi connectivity index (χ2n) is 4.05. The Morgan fingerprint density at radius 3 is 2.62 bits per heavy atom. The van der Waals surface area contributed by atoms with E-state index in [4.69, 9.17) is 9.15 Å². The highest BCUT2D eigenvalue weighted by Gasteiger charge is 2.09. The molecular formula is C13H14O3. The summed E-state index contributed by atoms with van der Waals surface area (Å²) in [6, 6.07) is 7.35. The SMILES string of the molecule is COc1ccc2cc(C(C)C)c(=O)oc2c1. The smallest absolute Gasteiger partial charge is 0.339 e. The summed E-state index contributed by atoms with van der Waals surface area (Å²) in [6.07, 6.45) is 0. The van der Waals surface area contributed by atoms with Gasteiger partial charge in [0.05, 0.1) is 7.11 Å². The third-order valence-corrected chi connectivity index (χ3v) is 2.59. The van der Waals surface area contributed by atoms with Gasteiger partial charge in [-0.05, 0) is 24.1 Å². The summed E-state index contributed by atoms with van der Waals surface area (Å²) in [5.74, 6) is 0.857. The fraction of sp³-hybridized carbons (Fsp3) is 0.308. The average Bonchev–Trinajstić information content (AvgIpc) is 2.27. The lowest BCUT2D eigenvalue weighted by molar-refractivity contribution is 0.414. The molecular weight excluding hydrogens is 204 g/mol. The van der Waals surface area contributed by atoms with Crippen molar-refractivity contribution < 1.29 is 9.15 Å². The number of hydrogen-bond donors (Lipinski definition) is 0. The maximum absolute atomic E-state index is 11.7. The molecule has 0 radical (unpaired) electrons. The van der Waals surface area contributed by atoms with E-state index >= 15 is 0 Å². The molecule has 84 valence electrons. The van der Waals surface area contributed by atoms with E-state index in [1.54, 1.807) is 13.2 Å². The van der Waals surface area contributed by atoms with Crippen LogP contribution in [-0.2, 0) is 0 Å². The van der Waals surface area contributed by atoms with Crippen molar-refractivity contribution in [2.45, 2.75) is 19.8 Å². The second-order valence-corrected chi connectivity index (χ2v) is 4.05. The minimum Gasteiger partial charge on any atom is -0.497 e. The van der Waals surface area contributed by atoms with Crippen molar-refractivity contribution in [2.24, 2.45) is 0 Å². The van der Waals surface area contributed by atoms with E-state index in [9.17, 15) is 4.79 Å². The number of benzene rings is 1. The quantitative estimate of drug-likeness (QED) is 0.727. The summed E-state index contributed by atoms with van der Waals surface area (Å²) in [5, 5.41) is 0.920. The van der Waals surface area contributed by atoms with Gasteiger partial charge in [-0.1, -0.05) is 13.8 Å². The Kier molecular flexibility index (Phi) is 2.69. The molecule has 0 aliphatic heterocycles. The van der Waals surface area contributed by atoms with Gasteiger partial charge in [0.1, 0.15) is 11.3 Å². The highest BCUT2D eigenvalue weighted by molar-refractivity contribution is 5.78. The van der Waals surface area contributed by atoms with Crippen molar-refractivity contribution in [1.82, 2.24) is 0 Å². The highest BCUT2D eigenvalue weighted by Crippen LogP contribution is 2.22. The number of hydrogen-bond acceptors (Lipinski definition) is 3. The zero-order valence-corrected chi connectivity index (χ0v) is 9.61. The van der Waals surface area contributed by atoms with E-state index in [1.165, 1.54) is 0 Å². The lowest BCUT2D eigenvalue weighted by Crippen LogP contribution is -2.08. The predicted molar refractivity (Wildman–Crippen MR) is 63.1 cm³/mol. The molecule has 0 bridgehead atoms. The number of fused-ring (bicyclic) bond motifs is 1. The molecule has 0 N–H and O–H groups in total. The Hall–Kier alpha value is -1.77. The van der Waals surface area contributed by atoms with E-state index in [1.807, 2.05) is 32.0 Å². The molecule has 3 heteroatoms. The van der Waals surface area contributed by atoms with Crippen molar-refractivity contribution in [3.63, 3.8) is 0 Å². The van der Waals surface area contributed by atoms with Gasteiger partial charge in [-0.2, -0.15) is 0 Å². The topological polar surface area (TPSA) is 39.4 Å². The lowest BCUT2D eigenvalue weighted by atomic mass is 10.0. The third-order valence-electron chi connectivity index (χ3n) is 2.59. The summed E-state index contributed by atoms with van der Waals surface area (Å²) in [4.78, 5) is 11.7. The maximum atomic E-state index is 11.7. The first-order valence-corrected chi connectivity index (χ1v) is 5.23. The summed E-state index contributed by atoms with van der Waals surface area (Å²) in [6.45, 7) is 3.95. The molecule has 0 saturated carbocycles. The van der Waals surface area contributed by atoms with Gasteiger partial charge in [0.2, 0.25) is 0 Å². The van der Waals surface area contributed by atoms with Gasteiger partial charge in [0.15, 0.2) is 0 Å². The molecule has 1 aromatic carbocycles. The van der Waals surface area contributed by atoms with Crippen LogP contribution in [-0.4, -0.2) is 7.11 Å². The monoisotopic (exact) mass is 218 g/mol. The van der Waals surface area contributed by atoms with E-state index < -0.39 is 0 Å². The van der Waals surface area contributed by atoms with Gasteiger partial charge in [-0.15, -0.1) is 0 Å². The highest BCUT2D eigenvalue weighted by atomic mass is 16.5. The van der Waals surface area contributed by atoms with Gasteiger partial charge in [0.25, 0.3) is 0 Å². The van der Waals surface area contributed by atoms with E-state index in [2.05, 4.69) is 0 Å².